The van der Waals surface area contributed by atoms with Crippen LogP contribution in [0.5, 0.6) is 0 Å². The van der Waals surface area contributed by atoms with Crippen LogP contribution in [0.1, 0.15) is 31.0 Å². The molecule has 0 saturated carbocycles. The van der Waals surface area contributed by atoms with Crippen LogP contribution in [0.3, 0.4) is 0 Å². The van der Waals surface area contributed by atoms with Gasteiger partial charge in [-0.3, -0.25) is 9.78 Å². The maximum Gasteiger partial charge on any atom is 0.408 e. The first kappa shape index (κ1) is 17.5. The molecule has 0 saturated heterocycles. The first-order chi connectivity index (χ1) is 11.6. The summed E-state index contributed by atoms with van der Waals surface area (Å²) in [4.78, 5) is 27.9. The van der Waals surface area contributed by atoms with Crippen LogP contribution in [-0.4, -0.2) is 23.0 Å². The molecular weight excluding hydrogens is 306 g/mol. The lowest BCUT2D eigenvalue weighted by molar-refractivity contribution is -0.123. The molecule has 2 N–H and O–H groups in total. The van der Waals surface area contributed by atoms with Crippen molar-refractivity contribution >= 4 is 12.0 Å². The van der Waals surface area contributed by atoms with E-state index in [1.807, 2.05) is 43.3 Å². The maximum atomic E-state index is 12.1. The van der Waals surface area contributed by atoms with Crippen molar-refractivity contribution in [1.29, 1.82) is 0 Å². The van der Waals surface area contributed by atoms with Crippen molar-refractivity contribution in [1.82, 2.24) is 15.6 Å². The van der Waals surface area contributed by atoms with Crippen molar-refractivity contribution in [3.8, 4) is 0 Å². The van der Waals surface area contributed by atoms with Crippen LogP contribution in [0.25, 0.3) is 0 Å². The molecule has 126 valence electrons. The Morgan fingerprint density at radius 1 is 1.08 bits per heavy atom. The van der Waals surface area contributed by atoms with Gasteiger partial charge in [0.15, 0.2) is 0 Å². The molecule has 1 heterocycles. The molecular formula is C18H21N3O3. The summed E-state index contributed by atoms with van der Waals surface area (Å²) in [6.45, 7) is 3.62. The Bertz CT molecular complexity index is 662. The van der Waals surface area contributed by atoms with Gasteiger partial charge in [0.25, 0.3) is 0 Å². The Labute approximate surface area is 141 Å². The second-order valence-corrected chi connectivity index (χ2v) is 5.44. The Balaban J connectivity index is 1.77. The highest BCUT2D eigenvalue weighted by atomic mass is 16.5. The van der Waals surface area contributed by atoms with Crippen LogP contribution in [0.15, 0.2) is 54.9 Å². The van der Waals surface area contributed by atoms with Gasteiger partial charge in [-0.2, -0.15) is 0 Å². The largest absolute Gasteiger partial charge is 0.445 e. The summed E-state index contributed by atoms with van der Waals surface area (Å²) in [6.07, 6.45) is 2.73. The number of pyridine rings is 1. The van der Waals surface area contributed by atoms with Gasteiger partial charge < -0.3 is 15.4 Å². The summed E-state index contributed by atoms with van der Waals surface area (Å²) in [6, 6.07) is 12.1. The number of aromatic nitrogens is 1. The zero-order valence-corrected chi connectivity index (χ0v) is 13.7. The Morgan fingerprint density at radius 2 is 1.83 bits per heavy atom. The molecule has 0 radical (unpaired) electrons. The minimum Gasteiger partial charge on any atom is -0.445 e. The maximum absolute atomic E-state index is 12.1. The van der Waals surface area contributed by atoms with Gasteiger partial charge in [0.1, 0.15) is 12.6 Å². The first-order valence-corrected chi connectivity index (χ1v) is 7.74. The van der Waals surface area contributed by atoms with E-state index in [4.69, 9.17) is 4.74 Å². The van der Waals surface area contributed by atoms with E-state index in [9.17, 15) is 9.59 Å². The lowest BCUT2D eigenvalue weighted by Crippen LogP contribution is -2.45. The van der Waals surface area contributed by atoms with Gasteiger partial charge in [0.05, 0.1) is 6.04 Å². The number of rotatable bonds is 6. The molecule has 0 aliphatic heterocycles. The zero-order chi connectivity index (χ0) is 17.4. The second kappa shape index (κ2) is 8.67. The molecule has 1 aromatic heterocycles. The number of alkyl carbamates (subject to hydrolysis) is 1. The average molecular weight is 327 g/mol. The van der Waals surface area contributed by atoms with Gasteiger partial charge in [0.2, 0.25) is 5.91 Å². The molecule has 1 unspecified atom stereocenters. The van der Waals surface area contributed by atoms with Gasteiger partial charge in [0, 0.05) is 12.4 Å². The predicted octanol–water partition coefficient (Wildman–Crippen LogP) is 2.57. The standard InChI is InChI=1S/C18H21N3O3/c1-13(16-9-6-10-19-11-16)20-17(22)14(2)21-18(23)24-12-15-7-4-3-5-8-15/h3-11,13-14H,12H2,1-2H3,(H,20,22)(H,21,23)/t13?,14-/m0/s1. The van der Waals surface area contributed by atoms with Crippen molar-refractivity contribution in [3.05, 3.63) is 66.0 Å². The predicted molar refractivity (Wildman–Crippen MR) is 90.0 cm³/mol. The van der Waals surface area contributed by atoms with Crippen LogP contribution in [0.2, 0.25) is 0 Å². The fourth-order valence-electron chi connectivity index (χ4n) is 2.06. The molecule has 0 aliphatic rings. The van der Waals surface area contributed by atoms with Crippen molar-refractivity contribution in [2.75, 3.05) is 0 Å². The number of hydrogen-bond donors (Lipinski definition) is 2. The fourth-order valence-corrected chi connectivity index (χ4v) is 2.06. The lowest BCUT2D eigenvalue weighted by Gasteiger charge is -2.18. The van der Waals surface area contributed by atoms with Crippen molar-refractivity contribution in [2.24, 2.45) is 0 Å². The molecule has 2 atom stereocenters. The molecule has 6 heteroatoms. The second-order valence-electron chi connectivity index (χ2n) is 5.44. The molecule has 2 rings (SSSR count). The van der Waals surface area contributed by atoms with E-state index >= 15 is 0 Å². The smallest absolute Gasteiger partial charge is 0.408 e. The summed E-state index contributed by atoms with van der Waals surface area (Å²) in [5, 5.41) is 5.34. The van der Waals surface area contributed by atoms with Gasteiger partial charge in [-0.15, -0.1) is 0 Å². The third-order valence-corrected chi connectivity index (χ3v) is 3.48. The lowest BCUT2D eigenvalue weighted by atomic mass is 10.1. The number of amides is 2. The topological polar surface area (TPSA) is 80.3 Å². The number of carbonyl (C=O) groups excluding carboxylic acids is 2. The molecule has 2 aromatic rings. The van der Waals surface area contributed by atoms with E-state index in [0.29, 0.717) is 0 Å². The molecule has 0 bridgehead atoms. The molecule has 0 spiro atoms. The van der Waals surface area contributed by atoms with Crippen LogP contribution >= 0.6 is 0 Å². The summed E-state index contributed by atoms with van der Waals surface area (Å²) >= 11 is 0. The van der Waals surface area contributed by atoms with Crippen molar-refractivity contribution in [2.45, 2.75) is 32.5 Å². The number of hydrogen-bond acceptors (Lipinski definition) is 4. The van der Waals surface area contributed by atoms with E-state index in [1.165, 1.54) is 0 Å². The third-order valence-electron chi connectivity index (χ3n) is 3.48. The highest BCUT2D eigenvalue weighted by Crippen LogP contribution is 2.09. The number of nitrogens with one attached hydrogen (secondary N) is 2. The van der Waals surface area contributed by atoms with Crippen molar-refractivity contribution < 1.29 is 14.3 Å². The minimum atomic E-state index is -0.701. The number of benzene rings is 1. The van der Waals surface area contributed by atoms with Gasteiger partial charge in [-0.1, -0.05) is 36.4 Å². The fraction of sp³-hybridized carbons (Fsp3) is 0.278. The summed E-state index contributed by atoms with van der Waals surface area (Å²) < 4.78 is 5.10. The van der Waals surface area contributed by atoms with Gasteiger partial charge in [-0.25, -0.2) is 4.79 Å². The van der Waals surface area contributed by atoms with E-state index in [2.05, 4.69) is 15.6 Å². The van der Waals surface area contributed by atoms with Gasteiger partial charge in [-0.05, 0) is 31.0 Å². The van der Waals surface area contributed by atoms with Gasteiger partial charge >= 0.3 is 6.09 Å². The highest BCUT2D eigenvalue weighted by Gasteiger charge is 2.18. The first-order valence-electron chi connectivity index (χ1n) is 7.74. The Hall–Kier alpha value is -2.89. The quantitative estimate of drug-likeness (QED) is 0.854. The number of ether oxygens (including phenoxy) is 1. The molecule has 2 amide bonds. The molecule has 6 nitrogen and oxygen atoms in total. The Morgan fingerprint density at radius 3 is 2.50 bits per heavy atom. The molecule has 1 aromatic carbocycles. The molecule has 0 aliphatic carbocycles. The molecule has 0 fully saturated rings. The van der Waals surface area contributed by atoms with E-state index in [-0.39, 0.29) is 18.6 Å². The van der Waals surface area contributed by atoms with Crippen LogP contribution in [0.4, 0.5) is 4.79 Å². The third kappa shape index (κ3) is 5.39. The van der Waals surface area contributed by atoms with Crippen molar-refractivity contribution in [3.63, 3.8) is 0 Å². The number of nitrogens with zero attached hydrogens (tertiary/aromatic N) is 1. The van der Waals surface area contributed by atoms with Crippen LogP contribution in [-0.2, 0) is 16.1 Å². The van der Waals surface area contributed by atoms with E-state index in [0.717, 1.165) is 11.1 Å². The molecule has 24 heavy (non-hydrogen) atoms. The zero-order valence-electron chi connectivity index (χ0n) is 13.7. The highest BCUT2D eigenvalue weighted by molar-refractivity contribution is 5.85. The SMILES string of the molecule is CC(NC(=O)[C@H](C)NC(=O)OCc1ccccc1)c1cccnc1. The average Bonchev–Trinajstić information content (AvgIpc) is 2.61. The van der Waals surface area contributed by atoms with E-state index in [1.54, 1.807) is 25.4 Å². The normalized spacial score (nSPS) is 12.8. The van der Waals surface area contributed by atoms with E-state index < -0.39 is 12.1 Å². The summed E-state index contributed by atoms with van der Waals surface area (Å²) in [5.41, 5.74) is 1.78. The van der Waals surface area contributed by atoms with Crippen LogP contribution in [0, 0.1) is 0 Å². The summed E-state index contributed by atoms with van der Waals surface area (Å²) in [5.74, 6) is -0.289. The Kier molecular flexibility index (Phi) is 6.31. The summed E-state index contributed by atoms with van der Waals surface area (Å²) in [7, 11) is 0. The van der Waals surface area contributed by atoms with Crippen LogP contribution < -0.4 is 10.6 Å². The number of carbonyl (C=O) groups is 2. The monoisotopic (exact) mass is 327 g/mol. The minimum absolute atomic E-state index is 0.160.